The molecule has 0 aromatic carbocycles. The minimum atomic E-state index is -3.37. The van der Waals surface area contributed by atoms with Crippen molar-refractivity contribution in [2.45, 2.75) is 10.9 Å². The van der Waals surface area contributed by atoms with E-state index in [2.05, 4.69) is 5.10 Å². The van der Waals surface area contributed by atoms with Crippen LogP contribution < -0.4 is 5.73 Å². The number of aromatic nitrogens is 2. The van der Waals surface area contributed by atoms with E-state index < -0.39 is 21.8 Å². The van der Waals surface area contributed by atoms with Gasteiger partial charge in [-0.2, -0.15) is 5.10 Å². The van der Waals surface area contributed by atoms with Gasteiger partial charge in [-0.1, -0.05) is 0 Å². The summed E-state index contributed by atoms with van der Waals surface area (Å²) in [5.41, 5.74) is 5.23. The maximum Gasteiger partial charge on any atom is 0.329 e. The smallest absolute Gasteiger partial charge is 0.329 e. The van der Waals surface area contributed by atoms with Gasteiger partial charge in [-0.25, -0.2) is 13.2 Å². The molecule has 1 heterocycles. The number of hydrogen-bond acceptors (Lipinski definition) is 5. The number of nitrogens with two attached hydrogens (primary N) is 1. The van der Waals surface area contributed by atoms with E-state index >= 15 is 0 Å². The highest BCUT2D eigenvalue weighted by molar-refractivity contribution is 7.90. The molecule has 0 fully saturated rings. The molecule has 0 saturated carbocycles. The molecule has 15 heavy (non-hydrogen) atoms. The molecule has 1 atom stereocenters. The molecule has 0 aliphatic rings. The van der Waals surface area contributed by atoms with Crippen molar-refractivity contribution < 1.29 is 18.3 Å². The van der Waals surface area contributed by atoms with Gasteiger partial charge in [0.25, 0.3) is 0 Å². The molecular weight excluding hydrogens is 222 g/mol. The third-order valence-corrected chi connectivity index (χ3v) is 2.90. The zero-order valence-electron chi connectivity index (χ0n) is 7.99. The van der Waals surface area contributed by atoms with E-state index in [0.29, 0.717) is 0 Å². The fraction of sp³-hybridized carbons (Fsp3) is 0.429. The number of hydrogen-bond donors (Lipinski definition) is 2. The second-order valence-electron chi connectivity index (χ2n) is 3.02. The Bertz CT molecular complexity index is 464. The summed E-state index contributed by atoms with van der Waals surface area (Å²) >= 11 is 0. The molecule has 1 rings (SSSR count). The van der Waals surface area contributed by atoms with E-state index in [1.165, 1.54) is 0 Å². The Morgan fingerprint density at radius 1 is 1.73 bits per heavy atom. The van der Waals surface area contributed by atoms with Crippen molar-refractivity contribution in [3.63, 3.8) is 0 Å². The van der Waals surface area contributed by atoms with Crippen LogP contribution in [0.25, 0.3) is 0 Å². The molecule has 1 aromatic heterocycles. The highest BCUT2D eigenvalue weighted by Crippen LogP contribution is 2.10. The van der Waals surface area contributed by atoms with Gasteiger partial charge in [-0.15, -0.1) is 0 Å². The molecule has 3 N–H and O–H groups in total. The number of rotatable bonds is 4. The normalized spacial score (nSPS) is 13.7. The third-order valence-electron chi connectivity index (χ3n) is 1.83. The van der Waals surface area contributed by atoms with Crippen LogP contribution in [0.5, 0.6) is 0 Å². The van der Waals surface area contributed by atoms with E-state index in [0.717, 1.165) is 23.3 Å². The number of sulfone groups is 1. The monoisotopic (exact) mass is 233 g/mol. The van der Waals surface area contributed by atoms with Crippen molar-refractivity contribution in [1.29, 1.82) is 0 Å². The highest BCUT2D eigenvalue weighted by atomic mass is 32.2. The maximum absolute atomic E-state index is 11.1. The third kappa shape index (κ3) is 2.54. The summed E-state index contributed by atoms with van der Waals surface area (Å²) in [4.78, 5) is 10.7. The molecule has 0 radical (unpaired) electrons. The van der Waals surface area contributed by atoms with Crippen LogP contribution in [0.2, 0.25) is 0 Å². The lowest BCUT2D eigenvalue weighted by Crippen LogP contribution is -2.27. The molecule has 7 nitrogen and oxygen atoms in total. The molecular formula is C7H11N3O4S. The number of carboxylic acid groups (broad SMARTS) is 1. The van der Waals surface area contributed by atoms with Gasteiger partial charge in [-0.3, -0.25) is 4.68 Å². The summed E-state index contributed by atoms with van der Waals surface area (Å²) in [6, 6.07) is -1.04. The van der Waals surface area contributed by atoms with Gasteiger partial charge in [0.15, 0.2) is 15.9 Å². The van der Waals surface area contributed by atoms with Crippen LogP contribution >= 0.6 is 0 Å². The fourth-order valence-corrected chi connectivity index (χ4v) is 1.54. The zero-order chi connectivity index (χ0) is 11.6. The summed E-state index contributed by atoms with van der Waals surface area (Å²) in [6.45, 7) is -0.153. The SMILES string of the molecule is CS(=O)(=O)c1cnn(C(CN)C(=O)O)c1. The van der Waals surface area contributed by atoms with Crippen LogP contribution in [0.3, 0.4) is 0 Å². The Hall–Kier alpha value is -1.41. The lowest BCUT2D eigenvalue weighted by molar-refractivity contribution is -0.140. The van der Waals surface area contributed by atoms with Gasteiger partial charge in [0.05, 0.1) is 6.20 Å². The summed E-state index contributed by atoms with van der Waals surface area (Å²) in [5.74, 6) is -1.15. The zero-order valence-corrected chi connectivity index (χ0v) is 8.81. The van der Waals surface area contributed by atoms with Gasteiger partial charge in [-0.05, 0) is 0 Å². The minimum Gasteiger partial charge on any atom is -0.480 e. The molecule has 8 heteroatoms. The fourth-order valence-electron chi connectivity index (χ4n) is 1.00. The lowest BCUT2D eigenvalue weighted by Gasteiger charge is -2.08. The van der Waals surface area contributed by atoms with Crippen LogP contribution in [0, 0.1) is 0 Å². The molecule has 84 valence electrons. The predicted octanol–water partition coefficient (Wildman–Crippen LogP) is -1.13. The van der Waals surface area contributed by atoms with Crippen LogP contribution in [-0.2, 0) is 14.6 Å². The Morgan fingerprint density at radius 3 is 2.67 bits per heavy atom. The summed E-state index contributed by atoms with van der Waals surface area (Å²) < 4.78 is 23.2. The number of nitrogens with zero attached hydrogens (tertiary/aromatic N) is 2. The van der Waals surface area contributed by atoms with Crippen molar-refractivity contribution in [2.24, 2.45) is 5.73 Å². The van der Waals surface area contributed by atoms with Crippen molar-refractivity contribution in [2.75, 3.05) is 12.8 Å². The quantitative estimate of drug-likeness (QED) is 0.680. The maximum atomic E-state index is 11.1. The average Bonchev–Trinajstić information content (AvgIpc) is 2.52. The second kappa shape index (κ2) is 3.99. The van der Waals surface area contributed by atoms with Crippen LogP contribution in [0.4, 0.5) is 0 Å². The van der Waals surface area contributed by atoms with Gasteiger partial charge in [0.2, 0.25) is 0 Å². The van der Waals surface area contributed by atoms with Crippen molar-refractivity contribution >= 4 is 15.8 Å². The van der Waals surface area contributed by atoms with E-state index in [-0.39, 0.29) is 11.4 Å². The van der Waals surface area contributed by atoms with Crippen LogP contribution in [0.1, 0.15) is 6.04 Å². The second-order valence-corrected chi connectivity index (χ2v) is 5.03. The summed E-state index contributed by atoms with van der Waals surface area (Å²) in [6.07, 6.45) is 3.27. The first-order valence-corrected chi connectivity index (χ1v) is 5.92. The van der Waals surface area contributed by atoms with E-state index in [1.807, 2.05) is 0 Å². The largest absolute Gasteiger partial charge is 0.480 e. The van der Waals surface area contributed by atoms with Gasteiger partial charge in [0.1, 0.15) is 4.90 Å². The van der Waals surface area contributed by atoms with Crippen molar-refractivity contribution in [1.82, 2.24) is 9.78 Å². The van der Waals surface area contributed by atoms with E-state index in [9.17, 15) is 13.2 Å². The van der Waals surface area contributed by atoms with Crippen molar-refractivity contribution in [3.8, 4) is 0 Å². The average molecular weight is 233 g/mol. The van der Waals surface area contributed by atoms with E-state index in [4.69, 9.17) is 10.8 Å². The Morgan fingerprint density at radius 2 is 2.33 bits per heavy atom. The predicted molar refractivity (Wildman–Crippen MR) is 51.1 cm³/mol. The first kappa shape index (κ1) is 11.7. The van der Waals surface area contributed by atoms with Gasteiger partial charge < -0.3 is 10.8 Å². The Labute approximate surface area is 86.4 Å². The van der Waals surface area contributed by atoms with Gasteiger partial charge in [0, 0.05) is 19.0 Å². The van der Waals surface area contributed by atoms with Crippen LogP contribution in [-0.4, -0.2) is 42.1 Å². The van der Waals surface area contributed by atoms with Crippen LogP contribution in [0.15, 0.2) is 17.3 Å². The van der Waals surface area contributed by atoms with Crippen molar-refractivity contribution in [3.05, 3.63) is 12.4 Å². The Kier molecular flexibility index (Phi) is 3.10. The number of carboxylic acids is 1. The molecule has 0 spiro atoms. The number of carbonyl (C=O) groups is 1. The first-order valence-electron chi connectivity index (χ1n) is 4.03. The van der Waals surface area contributed by atoms with E-state index in [1.54, 1.807) is 0 Å². The molecule has 1 unspecified atom stereocenters. The standard InChI is InChI=1S/C7H11N3O4S/c1-15(13,14)5-3-9-10(4-5)6(2-8)7(11)12/h3-4,6H,2,8H2,1H3,(H,11,12). The molecule has 0 bridgehead atoms. The topological polar surface area (TPSA) is 115 Å². The highest BCUT2D eigenvalue weighted by Gasteiger charge is 2.20. The number of aliphatic carboxylic acids is 1. The summed E-state index contributed by atoms with van der Waals surface area (Å²) in [7, 11) is -3.37. The minimum absolute atomic E-state index is 0.0257. The van der Waals surface area contributed by atoms with Gasteiger partial charge >= 0.3 is 5.97 Å². The molecule has 0 amide bonds. The molecule has 1 aromatic rings. The molecule has 0 aliphatic carbocycles. The molecule has 0 aliphatic heterocycles. The molecule has 0 saturated heterocycles. The first-order chi connectivity index (χ1) is 6.86. The lowest BCUT2D eigenvalue weighted by atomic mass is 10.3. The Balaban J connectivity index is 3.08. The summed E-state index contributed by atoms with van der Waals surface area (Å²) in [5, 5.41) is 12.4.